The summed E-state index contributed by atoms with van der Waals surface area (Å²) in [4.78, 5) is 24.8. The number of aliphatic carboxylic acids is 1. The van der Waals surface area contributed by atoms with Gasteiger partial charge >= 0.3 is 5.97 Å². The van der Waals surface area contributed by atoms with Crippen LogP contribution in [-0.2, 0) is 4.79 Å². The molecule has 0 aliphatic carbocycles. The second-order valence-electron chi connectivity index (χ2n) is 4.67. The molecule has 0 aromatic heterocycles. The monoisotopic (exact) mass is 325 g/mol. The van der Waals surface area contributed by atoms with Crippen LogP contribution >= 0.6 is 23.4 Å². The van der Waals surface area contributed by atoms with Crippen LogP contribution in [0.3, 0.4) is 0 Å². The Kier molecular flexibility index (Phi) is 5.70. The molecule has 0 bridgehead atoms. The summed E-state index contributed by atoms with van der Waals surface area (Å²) in [6, 6.07) is 4.96. The second-order valence-corrected chi connectivity index (χ2v) is 6.30. The number of carbonyl (C=O) groups is 2. The Balaban J connectivity index is 2.15. The van der Waals surface area contributed by atoms with E-state index in [1.807, 2.05) is 16.7 Å². The molecule has 0 saturated carbocycles. The van der Waals surface area contributed by atoms with Gasteiger partial charge in [-0.25, -0.2) is 4.79 Å². The van der Waals surface area contributed by atoms with Gasteiger partial charge in [-0.05, 0) is 35.9 Å². The molecule has 2 rings (SSSR count). The highest BCUT2D eigenvalue weighted by Gasteiger charge is 2.18. The average Bonchev–Trinajstić information content (AvgIpc) is 2.74. The van der Waals surface area contributed by atoms with Gasteiger partial charge in [0.2, 0.25) is 0 Å². The zero-order valence-electron chi connectivity index (χ0n) is 11.4. The summed E-state index contributed by atoms with van der Waals surface area (Å²) in [6.07, 6.45) is 3.44. The van der Waals surface area contributed by atoms with E-state index in [1.165, 1.54) is 6.08 Å². The third kappa shape index (κ3) is 4.51. The van der Waals surface area contributed by atoms with Crippen molar-refractivity contribution in [2.24, 2.45) is 0 Å². The minimum absolute atomic E-state index is 0.0202. The smallest absolute Gasteiger partial charge is 0.328 e. The number of thioether (sulfide) groups is 1. The van der Waals surface area contributed by atoms with E-state index in [9.17, 15) is 9.59 Å². The SMILES string of the molecule is O=C(O)/C=C/c1ccc(C(=O)N2CCCSCC2)cc1Cl. The highest BCUT2D eigenvalue weighted by molar-refractivity contribution is 7.99. The Labute approximate surface area is 132 Å². The molecule has 1 aliphatic heterocycles. The maximum Gasteiger partial charge on any atom is 0.328 e. The molecule has 1 saturated heterocycles. The van der Waals surface area contributed by atoms with Crippen LogP contribution in [0.1, 0.15) is 22.3 Å². The zero-order chi connectivity index (χ0) is 15.2. The van der Waals surface area contributed by atoms with Gasteiger partial charge < -0.3 is 10.0 Å². The van der Waals surface area contributed by atoms with Gasteiger partial charge in [0.1, 0.15) is 0 Å². The van der Waals surface area contributed by atoms with E-state index in [1.54, 1.807) is 18.2 Å². The van der Waals surface area contributed by atoms with Gasteiger partial charge in [-0.3, -0.25) is 4.79 Å². The molecule has 0 radical (unpaired) electrons. The van der Waals surface area contributed by atoms with E-state index in [2.05, 4.69) is 0 Å². The van der Waals surface area contributed by atoms with E-state index in [0.29, 0.717) is 16.1 Å². The fraction of sp³-hybridized carbons (Fsp3) is 0.333. The molecule has 21 heavy (non-hydrogen) atoms. The lowest BCUT2D eigenvalue weighted by molar-refractivity contribution is -0.131. The normalized spacial score (nSPS) is 16.0. The van der Waals surface area contributed by atoms with Crippen LogP contribution in [0.5, 0.6) is 0 Å². The predicted molar refractivity (Wildman–Crippen MR) is 86.0 cm³/mol. The van der Waals surface area contributed by atoms with E-state index in [4.69, 9.17) is 16.7 Å². The largest absolute Gasteiger partial charge is 0.478 e. The topological polar surface area (TPSA) is 57.6 Å². The van der Waals surface area contributed by atoms with Gasteiger partial charge in [0.15, 0.2) is 0 Å². The van der Waals surface area contributed by atoms with Crippen molar-refractivity contribution in [1.29, 1.82) is 0 Å². The number of carboxylic acids is 1. The Morgan fingerprint density at radius 2 is 2.10 bits per heavy atom. The standard InChI is InChI=1S/C15H16ClNO3S/c16-13-10-12(3-2-11(13)4-5-14(18)19)15(20)17-6-1-8-21-9-7-17/h2-5,10H,1,6-9H2,(H,18,19)/b5-4+. The summed E-state index contributed by atoms with van der Waals surface area (Å²) in [7, 11) is 0. The quantitative estimate of drug-likeness (QED) is 0.868. The van der Waals surface area contributed by atoms with Crippen LogP contribution in [0.4, 0.5) is 0 Å². The molecule has 0 unspecified atom stereocenters. The summed E-state index contributed by atoms with van der Waals surface area (Å²) >= 11 is 7.97. The number of nitrogens with zero attached hydrogens (tertiary/aromatic N) is 1. The molecular formula is C15H16ClNO3S. The fourth-order valence-corrected chi connectivity index (χ4v) is 3.22. The zero-order valence-corrected chi connectivity index (χ0v) is 13.0. The molecular weight excluding hydrogens is 310 g/mol. The number of carboxylic acid groups (broad SMARTS) is 1. The molecule has 1 fully saturated rings. The first-order valence-corrected chi connectivity index (χ1v) is 8.19. The van der Waals surface area contributed by atoms with Gasteiger partial charge in [0.25, 0.3) is 5.91 Å². The lowest BCUT2D eigenvalue weighted by Crippen LogP contribution is -2.32. The fourth-order valence-electron chi connectivity index (χ4n) is 2.09. The predicted octanol–water partition coefficient (Wildman–Crippen LogP) is 3.02. The molecule has 1 heterocycles. The van der Waals surface area contributed by atoms with Crippen LogP contribution < -0.4 is 0 Å². The highest BCUT2D eigenvalue weighted by atomic mass is 35.5. The molecule has 1 aliphatic rings. The van der Waals surface area contributed by atoms with Crippen molar-refractivity contribution < 1.29 is 14.7 Å². The number of halogens is 1. The number of carbonyl (C=O) groups excluding carboxylic acids is 1. The van der Waals surface area contributed by atoms with Crippen molar-refractivity contribution in [2.45, 2.75) is 6.42 Å². The number of hydrogen-bond donors (Lipinski definition) is 1. The van der Waals surface area contributed by atoms with Crippen LogP contribution in [0, 0.1) is 0 Å². The molecule has 0 spiro atoms. The Bertz CT molecular complexity index is 566. The van der Waals surface area contributed by atoms with Crippen LogP contribution in [0.15, 0.2) is 24.3 Å². The van der Waals surface area contributed by atoms with Crippen LogP contribution in [0.2, 0.25) is 5.02 Å². The van der Waals surface area contributed by atoms with E-state index < -0.39 is 5.97 Å². The molecule has 6 heteroatoms. The van der Waals surface area contributed by atoms with Gasteiger partial charge in [-0.2, -0.15) is 11.8 Å². The van der Waals surface area contributed by atoms with Gasteiger partial charge in [0, 0.05) is 35.5 Å². The van der Waals surface area contributed by atoms with Crippen molar-refractivity contribution in [2.75, 3.05) is 24.6 Å². The van der Waals surface area contributed by atoms with Gasteiger partial charge in [-0.15, -0.1) is 0 Å². The maximum atomic E-state index is 12.4. The van der Waals surface area contributed by atoms with Crippen molar-refractivity contribution in [3.05, 3.63) is 40.4 Å². The van der Waals surface area contributed by atoms with Crippen LogP contribution in [-0.4, -0.2) is 46.5 Å². The van der Waals surface area contributed by atoms with Crippen molar-refractivity contribution in [3.8, 4) is 0 Å². The molecule has 4 nitrogen and oxygen atoms in total. The Morgan fingerprint density at radius 1 is 1.29 bits per heavy atom. The average molecular weight is 326 g/mol. The second kappa shape index (κ2) is 7.52. The van der Waals surface area contributed by atoms with Crippen LogP contribution in [0.25, 0.3) is 6.08 Å². The van der Waals surface area contributed by atoms with Crippen molar-refractivity contribution in [1.82, 2.24) is 4.90 Å². The lowest BCUT2D eigenvalue weighted by atomic mass is 10.1. The van der Waals surface area contributed by atoms with E-state index >= 15 is 0 Å². The number of rotatable bonds is 3. The minimum Gasteiger partial charge on any atom is -0.478 e. The lowest BCUT2D eigenvalue weighted by Gasteiger charge is -2.20. The summed E-state index contributed by atoms with van der Waals surface area (Å²) < 4.78 is 0. The Morgan fingerprint density at radius 3 is 2.81 bits per heavy atom. The van der Waals surface area contributed by atoms with Gasteiger partial charge in [-0.1, -0.05) is 17.7 Å². The first-order valence-electron chi connectivity index (χ1n) is 6.65. The molecule has 1 aromatic carbocycles. The first kappa shape index (κ1) is 15.9. The van der Waals surface area contributed by atoms with E-state index in [0.717, 1.165) is 37.1 Å². The summed E-state index contributed by atoms with van der Waals surface area (Å²) in [5.74, 6) is 0.990. The summed E-state index contributed by atoms with van der Waals surface area (Å²) in [6.45, 7) is 1.52. The first-order chi connectivity index (χ1) is 10.1. The maximum absolute atomic E-state index is 12.4. The van der Waals surface area contributed by atoms with E-state index in [-0.39, 0.29) is 5.91 Å². The molecule has 0 atom stereocenters. The third-order valence-electron chi connectivity index (χ3n) is 3.16. The molecule has 112 valence electrons. The summed E-state index contributed by atoms with van der Waals surface area (Å²) in [5, 5.41) is 8.99. The number of amides is 1. The summed E-state index contributed by atoms with van der Waals surface area (Å²) in [5.41, 5.74) is 1.13. The van der Waals surface area contributed by atoms with Gasteiger partial charge in [0.05, 0.1) is 0 Å². The Hall–Kier alpha value is -1.46. The molecule has 1 amide bonds. The molecule has 1 aromatic rings. The van der Waals surface area contributed by atoms with Crippen molar-refractivity contribution >= 4 is 41.3 Å². The van der Waals surface area contributed by atoms with Crippen molar-refractivity contribution in [3.63, 3.8) is 0 Å². The number of hydrogen-bond acceptors (Lipinski definition) is 3. The highest BCUT2D eigenvalue weighted by Crippen LogP contribution is 2.21. The molecule has 1 N–H and O–H groups in total. The minimum atomic E-state index is -1.03. The number of benzene rings is 1. The third-order valence-corrected chi connectivity index (χ3v) is 4.54.